The zero-order chi connectivity index (χ0) is 15.8. The first-order valence-corrected chi connectivity index (χ1v) is 7.76. The van der Waals surface area contributed by atoms with Crippen molar-refractivity contribution >= 4 is 21.4 Å². The molecular weight excluding hydrogens is 290 g/mol. The molecule has 0 aliphatic carbocycles. The van der Waals surface area contributed by atoms with Crippen LogP contribution in [0.15, 0.2) is 40.2 Å². The molecule has 0 atom stereocenters. The number of aromatic nitrogens is 1. The number of pyridine rings is 1. The molecule has 21 heavy (non-hydrogen) atoms. The Kier molecular flexibility index (Phi) is 3.78. The predicted molar refractivity (Wildman–Crippen MR) is 82.8 cm³/mol. The molecule has 1 aromatic carbocycles. The number of sulfonamides is 1. The monoisotopic (exact) mass is 307 g/mol. The summed E-state index contributed by atoms with van der Waals surface area (Å²) in [7, 11) is -2.27. The standard InChI is InChI=1S/C14H17N3O3S/c1-9-4-6-12(15)14(10(9)2)21(19,20)16-11-5-7-13(18)17(3)8-11/h4-8,16H,15H2,1-3H3. The zero-order valence-corrected chi connectivity index (χ0v) is 12.9. The first-order chi connectivity index (χ1) is 9.72. The molecule has 0 amide bonds. The average Bonchev–Trinajstić information content (AvgIpc) is 2.38. The van der Waals surface area contributed by atoms with Gasteiger partial charge in [-0.15, -0.1) is 0 Å². The van der Waals surface area contributed by atoms with Crippen LogP contribution in [0.1, 0.15) is 11.1 Å². The summed E-state index contributed by atoms with van der Waals surface area (Å²) in [5.74, 6) is 0. The molecule has 3 N–H and O–H groups in total. The van der Waals surface area contributed by atoms with Gasteiger partial charge < -0.3 is 10.3 Å². The van der Waals surface area contributed by atoms with Gasteiger partial charge >= 0.3 is 0 Å². The number of aryl methyl sites for hydroxylation is 2. The van der Waals surface area contributed by atoms with Crippen LogP contribution in [-0.4, -0.2) is 13.0 Å². The summed E-state index contributed by atoms with van der Waals surface area (Å²) in [4.78, 5) is 11.4. The van der Waals surface area contributed by atoms with E-state index in [0.717, 1.165) is 5.56 Å². The van der Waals surface area contributed by atoms with E-state index in [-0.39, 0.29) is 16.1 Å². The molecule has 0 aliphatic rings. The van der Waals surface area contributed by atoms with E-state index in [1.165, 1.54) is 22.9 Å². The minimum atomic E-state index is -3.82. The number of nitrogens with zero attached hydrogens (tertiary/aromatic N) is 1. The van der Waals surface area contributed by atoms with Crippen LogP contribution >= 0.6 is 0 Å². The van der Waals surface area contributed by atoms with Crippen molar-refractivity contribution < 1.29 is 8.42 Å². The molecule has 1 heterocycles. The maximum absolute atomic E-state index is 12.5. The van der Waals surface area contributed by atoms with E-state index < -0.39 is 10.0 Å². The van der Waals surface area contributed by atoms with Gasteiger partial charge in [0.25, 0.3) is 10.0 Å². The highest BCUT2D eigenvalue weighted by atomic mass is 32.2. The molecule has 6 nitrogen and oxygen atoms in total. The maximum atomic E-state index is 12.5. The van der Waals surface area contributed by atoms with Gasteiger partial charge in [0, 0.05) is 19.3 Å². The van der Waals surface area contributed by atoms with Gasteiger partial charge in [-0.2, -0.15) is 0 Å². The summed E-state index contributed by atoms with van der Waals surface area (Å²) in [5, 5.41) is 0. The number of hydrogen-bond acceptors (Lipinski definition) is 4. The van der Waals surface area contributed by atoms with E-state index in [9.17, 15) is 13.2 Å². The Morgan fingerprint density at radius 2 is 1.81 bits per heavy atom. The molecule has 0 bridgehead atoms. The molecule has 0 radical (unpaired) electrons. The van der Waals surface area contributed by atoms with Crippen LogP contribution in [0.25, 0.3) is 0 Å². The minimum Gasteiger partial charge on any atom is -0.398 e. The molecule has 112 valence electrons. The summed E-state index contributed by atoms with van der Waals surface area (Å²) >= 11 is 0. The lowest BCUT2D eigenvalue weighted by Gasteiger charge is -2.14. The Hall–Kier alpha value is -2.28. The molecule has 0 saturated carbocycles. The SMILES string of the molecule is Cc1ccc(N)c(S(=O)(=O)Nc2ccc(=O)n(C)c2)c1C. The third-order valence-corrected chi connectivity index (χ3v) is 4.90. The van der Waals surface area contributed by atoms with Gasteiger partial charge in [-0.3, -0.25) is 9.52 Å². The fraction of sp³-hybridized carbons (Fsp3) is 0.214. The fourth-order valence-electron chi connectivity index (χ4n) is 2.03. The summed E-state index contributed by atoms with van der Waals surface area (Å²) < 4.78 is 28.8. The predicted octanol–water partition coefficient (Wildman–Crippen LogP) is 1.39. The van der Waals surface area contributed by atoms with Crippen LogP contribution in [0.4, 0.5) is 11.4 Å². The van der Waals surface area contributed by atoms with Crippen LogP contribution in [0.3, 0.4) is 0 Å². The molecule has 1 aromatic heterocycles. The number of nitrogens with one attached hydrogen (secondary N) is 1. The second-order valence-electron chi connectivity index (χ2n) is 4.90. The van der Waals surface area contributed by atoms with Crippen LogP contribution in [0, 0.1) is 13.8 Å². The Bertz CT molecular complexity index is 854. The van der Waals surface area contributed by atoms with E-state index >= 15 is 0 Å². The molecular formula is C14H17N3O3S. The summed E-state index contributed by atoms with van der Waals surface area (Å²) in [6.07, 6.45) is 1.42. The van der Waals surface area contributed by atoms with Gasteiger partial charge in [-0.1, -0.05) is 6.07 Å². The van der Waals surface area contributed by atoms with Gasteiger partial charge in [0.05, 0.1) is 11.4 Å². The number of nitrogen functional groups attached to an aromatic ring is 1. The van der Waals surface area contributed by atoms with Crippen molar-refractivity contribution in [1.29, 1.82) is 0 Å². The third-order valence-electron chi connectivity index (χ3n) is 3.31. The summed E-state index contributed by atoms with van der Waals surface area (Å²) in [6, 6.07) is 6.05. The topological polar surface area (TPSA) is 94.2 Å². The second kappa shape index (κ2) is 5.25. The Morgan fingerprint density at radius 1 is 1.14 bits per heavy atom. The van der Waals surface area contributed by atoms with Crippen LogP contribution in [0.2, 0.25) is 0 Å². The van der Waals surface area contributed by atoms with Crippen molar-refractivity contribution in [3.8, 4) is 0 Å². The Balaban J connectivity index is 2.51. The first-order valence-electron chi connectivity index (χ1n) is 6.27. The molecule has 7 heteroatoms. The van der Waals surface area contributed by atoms with Gasteiger partial charge in [0.1, 0.15) is 4.90 Å². The molecule has 0 spiro atoms. The number of benzene rings is 1. The maximum Gasteiger partial charge on any atom is 0.264 e. The van der Waals surface area contributed by atoms with E-state index in [2.05, 4.69) is 4.72 Å². The fourth-order valence-corrected chi connectivity index (χ4v) is 3.50. The van der Waals surface area contributed by atoms with Crippen LogP contribution < -0.4 is 16.0 Å². The minimum absolute atomic E-state index is 0.0661. The quantitative estimate of drug-likeness (QED) is 0.838. The number of hydrogen-bond donors (Lipinski definition) is 2. The highest BCUT2D eigenvalue weighted by Gasteiger charge is 2.21. The lowest BCUT2D eigenvalue weighted by molar-refractivity contribution is 0.601. The molecule has 0 fully saturated rings. The van der Waals surface area contributed by atoms with Crippen molar-refractivity contribution in [3.05, 3.63) is 51.9 Å². The van der Waals surface area contributed by atoms with E-state index in [4.69, 9.17) is 5.73 Å². The lowest BCUT2D eigenvalue weighted by Crippen LogP contribution is -2.20. The Labute approximate surface area is 123 Å². The van der Waals surface area contributed by atoms with E-state index in [1.807, 2.05) is 6.92 Å². The van der Waals surface area contributed by atoms with Gasteiger partial charge in [0.15, 0.2) is 0 Å². The highest BCUT2D eigenvalue weighted by Crippen LogP contribution is 2.27. The van der Waals surface area contributed by atoms with E-state index in [0.29, 0.717) is 11.3 Å². The number of rotatable bonds is 3. The molecule has 2 rings (SSSR count). The summed E-state index contributed by atoms with van der Waals surface area (Å²) in [6.45, 7) is 3.53. The van der Waals surface area contributed by atoms with Gasteiger partial charge in [-0.25, -0.2) is 8.42 Å². The number of nitrogens with two attached hydrogens (primary N) is 1. The molecule has 0 saturated heterocycles. The summed E-state index contributed by atoms with van der Waals surface area (Å²) in [5.41, 5.74) is 7.53. The molecule has 0 aliphatic heterocycles. The molecule has 0 unspecified atom stereocenters. The van der Waals surface area contributed by atoms with Gasteiger partial charge in [0.2, 0.25) is 5.56 Å². The van der Waals surface area contributed by atoms with Crippen molar-refractivity contribution in [2.45, 2.75) is 18.7 Å². The molecule has 2 aromatic rings. The zero-order valence-electron chi connectivity index (χ0n) is 12.0. The highest BCUT2D eigenvalue weighted by molar-refractivity contribution is 7.93. The first kappa shape index (κ1) is 15.1. The van der Waals surface area contributed by atoms with E-state index in [1.54, 1.807) is 26.1 Å². The average molecular weight is 307 g/mol. The van der Waals surface area contributed by atoms with Gasteiger partial charge in [-0.05, 0) is 37.1 Å². The Morgan fingerprint density at radius 3 is 2.43 bits per heavy atom. The van der Waals surface area contributed by atoms with Crippen LogP contribution in [0.5, 0.6) is 0 Å². The van der Waals surface area contributed by atoms with Crippen molar-refractivity contribution in [1.82, 2.24) is 4.57 Å². The largest absolute Gasteiger partial charge is 0.398 e. The smallest absolute Gasteiger partial charge is 0.264 e. The second-order valence-corrected chi connectivity index (χ2v) is 6.52. The lowest BCUT2D eigenvalue weighted by atomic mass is 10.1. The third kappa shape index (κ3) is 2.92. The van der Waals surface area contributed by atoms with Crippen LogP contribution in [-0.2, 0) is 17.1 Å². The normalized spacial score (nSPS) is 11.4. The number of anilines is 2. The van der Waals surface area contributed by atoms with Crippen molar-refractivity contribution in [2.24, 2.45) is 7.05 Å². The van der Waals surface area contributed by atoms with Crippen molar-refractivity contribution in [3.63, 3.8) is 0 Å². The van der Waals surface area contributed by atoms with Crippen molar-refractivity contribution in [2.75, 3.05) is 10.5 Å².